The van der Waals surface area contributed by atoms with Crippen LogP contribution in [0, 0.1) is 0 Å². The van der Waals surface area contributed by atoms with Crippen molar-refractivity contribution in [2.24, 2.45) is 0 Å². The third-order valence-electron chi connectivity index (χ3n) is 17.1. The molecule has 6 N–H and O–H groups in total. The Morgan fingerprint density at radius 1 is 0.464 bits per heavy atom. The van der Waals surface area contributed by atoms with Gasteiger partial charge in [-0.3, -0.25) is 28.8 Å². The van der Waals surface area contributed by atoms with E-state index in [4.69, 9.17) is 0 Å². The number of hydrogen-bond acceptors (Lipinski definition) is 12. The lowest BCUT2D eigenvalue weighted by Crippen LogP contribution is -2.62. The van der Waals surface area contributed by atoms with Crippen molar-refractivity contribution < 1.29 is 45.6 Å². The lowest BCUT2D eigenvalue weighted by Gasteiger charge is -2.38. The molecule has 6 amide bonds. The molecule has 8 atom stereocenters. The molecule has 4 fully saturated rings. The van der Waals surface area contributed by atoms with E-state index in [1.165, 1.54) is 8.61 Å². The Balaban J connectivity index is 0.843. The number of hydrogen-bond donors (Lipinski definition) is 6. The van der Waals surface area contributed by atoms with Crippen LogP contribution < -0.4 is 31.9 Å². The molecule has 4 aliphatic heterocycles. The van der Waals surface area contributed by atoms with Gasteiger partial charge in [0.05, 0.1) is 35.7 Å². The van der Waals surface area contributed by atoms with Gasteiger partial charge in [-0.25, -0.2) is 16.8 Å². The van der Waals surface area contributed by atoms with Gasteiger partial charge >= 0.3 is 0 Å². The van der Waals surface area contributed by atoms with Gasteiger partial charge in [0.15, 0.2) is 0 Å². The number of sulfonamides is 2. The normalized spacial score (nSPS) is 22.5. The summed E-state index contributed by atoms with van der Waals surface area (Å²) in [7, 11) is -4.61. The minimum absolute atomic E-state index is 0.0961. The molecule has 20 nitrogen and oxygen atoms in total. The number of likely N-dealkylation sites (N-methyl/N-ethyl adjacent to an activating group) is 2. The average molecular weight is 1190 g/mol. The summed E-state index contributed by atoms with van der Waals surface area (Å²) >= 11 is 0. The second kappa shape index (κ2) is 29.5. The van der Waals surface area contributed by atoms with Crippen molar-refractivity contribution in [2.45, 2.75) is 151 Å². The van der Waals surface area contributed by atoms with E-state index in [1.54, 1.807) is 37.7 Å². The van der Waals surface area contributed by atoms with E-state index in [1.807, 2.05) is 121 Å². The summed E-state index contributed by atoms with van der Waals surface area (Å²) in [6.07, 6.45) is 5.36. The molecule has 0 radical (unpaired) electrons. The number of fused-ring (bicyclic) bond motifs is 2. The van der Waals surface area contributed by atoms with Crippen molar-refractivity contribution in [3.63, 3.8) is 0 Å². The molecular weight excluding hydrogens is 1110 g/mol. The van der Waals surface area contributed by atoms with Crippen LogP contribution in [0.15, 0.2) is 121 Å². The molecule has 0 unspecified atom stereocenters. The van der Waals surface area contributed by atoms with Gasteiger partial charge in [-0.05, 0) is 102 Å². The number of carbonyl (C=O) groups is 6. The van der Waals surface area contributed by atoms with Gasteiger partial charge < -0.3 is 41.7 Å². The van der Waals surface area contributed by atoms with Crippen molar-refractivity contribution >= 4 is 55.5 Å². The lowest BCUT2D eigenvalue weighted by atomic mass is 9.98. The molecule has 0 aliphatic carbocycles. The monoisotopic (exact) mass is 1190 g/mol. The van der Waals surface area contributed by atoms with Gasteiger partial charge in [0.25, 0.3) is 0 Å². The van der Waals surface area contributed by atoms with Gasteiger partial charge in [0.1, 0.15) is 24.2 Å². The Kier molecular flexibility index (Phi) is 22.3. The Labute approximate surface area is 495 Å². The second-order valence-corrected chi connectivity index (χ2v) is 26.9. The Morgan fingerprint density at radius 3 is 1.08 bits per heavy atom. The summed E-state index contributed by atoms with van der Waals surface area (Å²) in [6.45, 7) is 2.89. The number of carbonyl (C=O) groups excluding carboxylic acids is 6. The van der Waals surface area contributed by atoms with Crippen LogP contribution in [0.3, 0.4) is 0 Å². The van der Waals surface area contributed by atoms with E-state index in [-0.39, 0.29) is 49.5 Å². The van der Waals surface area contributed by atoms with Gasteiger partial charge in [-0.1, -0.05) is 147 Å². The maximum atomic E-state index is 14.7. The minimum Gasteiger partial charge on any atom is -0.343 e. The van der Waals surface area contributed by atoms with E-state index < -0.39 is 104 Å². The van der Waals surface area contributed by atoms with E-state index >= 15 is 0 Å². The van der Waals surface area contributed by atoms with Crippen molar-refractivity contribution in [1.29, 1.82) is 0 Å². The molecule has 454 valence electrons. The molecule has 0 spiro atoms. The molecular formula is C62H84N10O10S2. The van der Waals surface area contributed by atoms with Gasteiger partial charge in [-0.15, -0.1) is 0 Å². The van der Waals surface area contributed by atoms with E-state index in [9.17, 15) is 45.6 Å². The van der Waals surface area contributed by atoms with Gasteiger partial charge in [0, 0.05) is 38.3 Å². The quantitative estimate of drug-likeness (QED) is 0.0513. The number of amides is 6. The highest BCUT2D eigenvalue weighted by molar-refractivity contribution is 7.89. The fourth-order valence-corrected chi connectivity index (χ4v) is 15.3. The number of unbranched alkanes of at least 4 members (excludes halogenated alkanes) is 5. The van der Waals surface area contributed by atoms with Crippen LogP contribution in [0.5, 0.6) is 0 Å². The molecule has 4 heterocycles. The summed E-state index contributed by atoms with van der Waals surface area (Å²) in [6, 6.07) is 30.9. The molecule has 4 aromatic rings. The molecule has 84 heavy (non-hydrogen) atoms. The van der Waals surface area contributed by atoms with Crippen LogP contribution in [0.2, 0.25) is 0 Å². The fourth-order valence-electron chi connectivity index (χ4n) is 12.1. The SMILES string of the molecule is CN[C@@H](C)C(=O)N[C@H]1CN(S(=O)(=O)CCCCCCCCS(=O)(=O)N2CC[C@H]3CC[C@@H](C(=O)NC(c4ccccc4)c4ccccc4)N3C(=O)[C@@H](NC(=O)[C@H](C)NC)C2)CC[C@H]2CC[C@@H](C(=O)NC(c3ccccc3)c3ccccc3)N2C1=O. The maximum Gasteiger partial charge on any atom is 0.247 e. The number of nitrogens with zero attached hydrogens (tertiary/aromatic N) is 4. The number of benzene rings is 4. The maximum absolute atomic E-state index is 14.7. The van der Waals surface area contributed by atoms with Gasteiger partial charge in [0.2, 0.25) is 55.5 Å². The molecule has 0 bridgehead atoms. The lowest BCUT2D eigenvalue weighted by molar-refractivity contribution is -0.144. The van der Waals surface area contributed by atoms with Gasteiger partial charge in [-0.2, -0.15) is 8.61 Å². The standard InChI is InChI=1S/C62H84N10O10S2/c1-43(63-3)57(73)65-51-41-69(37-35-49-31-33-53(71(49)61(51)77)59(75)67-55(45-23-13-9-14-24-45)46-25-15-10-16-26-46)83(79,80)39-21-7-5-6-8-22-40-84(81,82)70-38-36-50-32-34-54(72(50)62(78)52(42-70)66-58(74)44(2)64-4)60(76)68-56(47-27-17-11-18-28-47)48-29-19-12-20-30-48/h9-20,23-30,43-44,49-56,63-64H,5-8,21-22,31-42H2,1-4H3,(H,65,73)(H,66,74)(H,67,75)(H,68,76)/t43-,44-,49+,50+,51-,52-,53-,54-/m0/s1. The van der Waals surface area contributed by atoms with Crippen LogP contribution >= 0.6 is 0 Å². The first kappa shape index (κ1) is 63.5. The molecule has 22 heteroatoms. The summed E-state index contributed by atoms with van der Waals surface area (Å²) in [5, 5.41) is 17.8. The van der Waals surface area contributed by atoms with Crippen LogP contribution in [-0.2, 0) is 48.8 Å². The molecule has 4 aliphatic rings. The number of nitrogens with one attached hydrogen (secondary N) is 6. The molecule has 0 aromatic heterocycles. The summed E-state index contributed by atoms with van der Waals surface area (Å²) in [5.41, 5.74) is 3.50. The largest absolute Gasteiger partial charge is 0.343 e. The zero-order valence-electron chi connectivity index (χ0n) is 48.7. The third kappa shape index (κ3) is 15.8. The van der Waals surface area contributed by atoms with Crippen LogP contribution in [-0.4, -0.2) is 171 Å². The summed E-state index contributed by atoms with van der Waals surface area (Å²) in [5.74, 6) is -3.02. The van der Waals surface area contributed by atoms with E-state index in [0.717, 1.165) is 22.3 Å². The highest BCUT2D eigenvalue weighted by Crippen LogP contribution is 2.34. The van der Waals surface area contributed by atoms with Crippen molar-refractivity contribution in [3.8, 4) is 0 Å². The second-order valence-electron chi connectivity index (χ2n) is 22.7. The van der Waals surface area contributed by atoms with E-state index in [0.29, 0.717) is 77.0 Å². The number of rotatable bonds is 25. The Bertz CT molecular complexity index is 2810. The topological polar surface area (TPSA) is 256 Å². The molecule has 0 saturated carbocycles. The third-order valence-corrected chi connectivity index (χ3v) is 21.0. The molecule has 8 rings (SSSR count). The van der Waals surface area contributed by atoms with Crippen LogP contribution in [0.4, 0.5) is 0 Å². The highest BCUT2D eigenvalue weighted by Gasteiger charge is 2.48. The summed E-state index contributed by atoms with van der Waals surface area (Å²) in [4.78, 5) is 87.8. The molecule has 4 saturated heterocycles. The highest BCUT2D eigenvalue weighted by atomic mass is 32.2. The van der Waals surface area contributed by atoms with Crippen LogP contribution in [0.1, 0.15) is 125 Å². The predicted octanol–water partition coefficient (Wildman–Crippen LogP) is 4.11. The first-order valence-corrected chi connectivity index (χ1v) is 33.0. The minimum atomic E-state index is -3.92. The smallest absolute Gasteiger partial charge is 0.247 e. The van der Waals surface area contributed by atoms with Crippen molar-refractivity contribution in [1.82, 2.24) is 50.3 Å². The van der Waals surface area contributed by atoms with Crippen molar-refractivity contribution in [2.75, 3.05) is 51.8 Å². The first-order valence-electron chi connectivity index (χ1n) is 29.8. The molecule has 4 aromatic carbocycles. The fraction of sp³-hybridized carbons (Fsp3) is 0.516. The Morgan fingerprint density at radius 2 is 0.774 bits per heavy atom. The van der Waals surface area contributed by atoms with Crippen LogP contribution in [0.25, 0.3) is 0 Å². The van der Waals surface area contributed by atoms with E-state index in [2.05, 4.69) is 31.9 Å². The predicted molar refractivity (Wildman–Crippen MR) is 322 cm³/mol. The zero-order chi connectivity index (χ0) is 60.0. The van der Waals surface area contributed by atoms with Crippen molar-refractivity contribution in [3.05, 3.63) is 144 Å². The average Bonchev–Trinajstić information content (AvgIpc) is 3.64. The zero-order valence-corrected chi connectivity index (χ0v) is 50.4. The summed E-state index contributed by atoms with van der Waals surface area (Å²) < 4.78 is 59.2. The Hall–Kier alpha value is -6.56. The first-order chi connectivity index (χ1) is 40.4.